The number of urea groups is 2. The van der Waals surface area contributed by atoms with Crippen LogP contribution in [-0.2, 0) is 9.53 Å². The number of fused-ring (bicyclic) bond motifs is 6. The van der Waals surface area contributed by atoms with Crippen molar-refractivity contribution in [3.05, 3.63) is 156 Å². The van der Waals surface area contributed by atoms with E-state index in [0.29, 0.717) is 84.1 Å². The number of nitrogens with two attached hydrogens (primary N) is 1. The average molecular weight is 1050 g/mol. The van der Waals surface area contributed by atoms with E-state index in [4.69, 9.17) is 15.2 Å². The van der Waals surface area contributed by atoms with Crippen LogP contribution in [0.5, 0.6) is 5.75 Å². The number of alkyl halides is 1. The summed E-state index contributed by atoms with van der Waals surface area (Å²) in [6.45, 7) is 6.99. The molecule has 2 heterocycles. The molecule has 0 radical (unpaired) electrons. The molecule has 8 N–H and O–H groups in total. The summed E-state index contributed by atoms with van der Waals surface area (Å²) in [5, 5.41) is 19.4. The molecule has 6 aromatic rings. The standard InChI is InChI=1S/C55H54BrN9O8/c1-2-33-28-37(21-22-45(33)62-53(69)65-31-35(30-56)49-43-15-8-7-14-42(43)48(29-47(49)65)73-55(71)64-26-24-58-25-27-64)61-50(66)34-17-19-36(20-18-34)60-51(67)46(16-9-23-59-52(57)68)63-54(70)72-32-44-40-12-5-3-10-38(40)39-11-4-6-13-41(39)44/h2-8,10-15,17-22,28-29,35,44,46,58H,1,9,16,23-27,30-32H2,(H,60,67)(H,61,66)(H,62,69)(H,63,70)(H3,57,59,68)/t35-,46+/m1/s1. The molecule has 2 atom stereocenters. The zero-order valence-corrected chi connectivity index (χ0v) is 41.3. The number of hydrogen-bond donors (Lipinski definition) is 7. The number of nitrogens with zero attached hydrogens (tertiary/aromatic N) is 2. The van der Waals surface area contributed by atoms with Crippen molar-refractivity contribution < 1.29 is 38.2 Å². The molecule has 1 saturated heterocycles. The SMILES string of the molecule is C=Cc1cc(NC(=O)c2ccc(NC(=O)[C@H](CCCNC(N)=O)NC(=O)OCC3c4ccccc4-c4ccccc43)cc2)ccc1NC(=O)N1C[C@@H](CBr)c2c1cc(OC(=O)N1CCNCC1)c1ccccc21. The van der Waals surface area contributed by atoms with Gasteiger partial charge < -0.3 is 52.0 Å². The molecule has 0 aromatic heterocycles. The maximum atomic E-state index is 14.2. The average Bonchev–Trinajstić information content (AvgIpc) is 3.95. The van der Waals surface area contributed by atoms with Crippen LogP contribution < -0.4 is 47.3 Å². The number of benzene rings is 6. The zero-order chi connectivity index (χ0) is 51.0. The van der Waals surface area contributed by atoms with E-state index in [2.05, 4.69) is 54.4 Å². The van der Waals surface area contributed by atoms with E-state index in [1.165, 1.54) is 0 Å². The first-order valence-corrected chi connectivity index (χ1v) is 25.1. The summed E-state index contributed by atoms with van der Waals surface area (Å²) in [4.78, 5) is 82.5. The van der Waals surface area contributed by atoms with Crippen LogP contribution in [0.15, 0.2) is 128 Å². The largest absolute Gasteiger partial charge is 0.449 e. The van der Waals surface area contributed by atoms with Gasteiger partial charge in [-0.1, -0.05) is 101 Å². The number of primary amides is 1. The van der Waals surface area contributed by atoms with E-state index in [1.54, 1.807) is 64.4 Å². The Morgan fingerprint density at radius 1 is 0.808 bits per heavy atom. The number of alkyl carbamates (subject to hydrolysis) is 1. The molecule has 1 aliphatic carbocycles. The number of piperazine rings is 1. The van der Waals surface area contributed by atoms with E-state index in [9.17, 15) is 28.8 Å². The summed E-state index contributed by atoms with van der Waals surface area (Å²) in [6, 6.07) is 34.6. The second-order valence-corrected chi connectivity index (χ2v) is 18.5. The summed E-state index contributed by atoms with van der Waals surface area (Å²) >= 11 is 3.66. The predicted octanol–water partition coefficient (Wildman–Crippen LogP) is 8.96. The number of carbonyl (C=O) groups excluding carboxylic acids is 6. The Kier molecular flexibility index (Phi) is 15.3. The highest BCUT2D eigenvalue weighted by atomic mass is 79.9. The van der Waals surface area contributed by atoms with Gasteiger partial charge in [0.25, 0.3) is 5.91 Å². The van der Waals surface area contributed by atoms with Crippen LogP contribution in [0.4, 0.5) is 41.9 Å². The molecule has 1 fully saturated rings. The second kappa shape index (κ2) is 22.5. The number of anilines is 4. The Hall–Kier alpha value is -8.22. The molecule has 2 aliphatic heterocycles. The fourth-order valence-electron chi connectivity index (χ4n) is 9.63. The van der Waals surface area contributed by atoms with Crippen molar-refractivity contribution in [1.29, 1.82) is 0 Å². The van der Waals surface area contributed by atoms with Crippen LogP contribution in [0.1, 0.15) is 57.3 Å². The van der Waals surface area contributed by atoms with Crippen LogP contribution >= 0.6 is 15.9 Å². The highest BCUT2D eigenvalue weighted by Crippen LogP contribution is 2.47. The first kappa shape index (κ1) is 49.7. The molecule has 0 unspecified atom stereocenters. The first-order chi connectivity index (χ1) is 35.5. The maximum Gasteiger partial charge on any atom is 0.415 e. The fourth-order valence-corrected chi connectivity index (χ4v) is 10.2. The minimum absolute atomic E-state index is 0.0376. The second-order valence-electron chi connectivity index (χ2n) is 17.8. The maximum absolute atomic E-state index is 14.2. The quantitative estimate of drug-likeness (QED) is 0.0384. The molecule has 17 nitrogen and oxygen atoms in total. The topological polar surface area (TPSA) is 226 Å². The zero-order valence-electron chi connectivity index (χ0n) is 39.8. The van der Waals surface area contributed by atoms with Gasteiger partial charge in [0.15, 0.2) is 0 Å². The summed E-state index contributed by atoms with van der Waals surface area (Å²) < 4.78 is 11.7. The van der Waals surface area contributed by atoms with Crippen molar-refractivity contribution in [2.75, 3.05) is 72.1 Å². The van der Waals surface area contributed by atoms with Crippen LogP contribution in [0.2, 0.25) is 0 Å². The Labute approximate surface area is 430 Å². The number of ether oxygens (including phenoxy) is 2. The van der Waals surface area contributed by atoms with Gasteiger partial charge in [-0.2, -0.15) is 0 Å². The van der Waals surface area contributed by atoms with E-state index in [1.807, 2.05) is 72.8 Å². The molecule has 18 heteroatoms. The van der Waals surface area contributed by atoms with Gasteiger partial charge >= 0.3 is 24.2 Å². The van der Waals surface area contributed by atoms with Crippen molar-refractivity contribution in [1.82, 2.24) is 20.9 Å². The third-order valence-corrected chi connectivity index (χ3v) is 14.0. The highest BCUT2D eigenvalue weighted by Gasteiger charge is 2.36. The molecule has 0 bridgehead atoms. The van der Waals surface area contributed by atoms with Crippen molar-refractivity contribution in [2.24, 2.45) is 5.73 Å². The monoisotopic (exact) mass is 1050 g/mol. The lowest BCUT2D eigenvalue weighted by Gasteiger charge is -2.27. The molecule has 8 amide bonds. The van der Waals surface area contributed by atoms with Crippen molar-refractivity contribution in [2.45, 2.75) is 30.7 Å². The molecule has 6 aromatic carbocycles. The molecule has 73 heavy (non-hydrogen) atoms. The predicted molar refractivity (Wildman–Crippen MR) is 286 cm³/mol. The molecular weight excluding hydrogens is 995 g/mol. The van der Waals surface area contributed by atoms with Gasteiger partial charge in [0, 0.05) is 90.5 Å². The lowest BCUT2D eigenvalue weighted by Crippen LogP contribution is -2.47. The normalized spacial score (nSPS) is 15.0. The van der Waals surface area contributed by atoms with Crippen LogP contribution in [0.25, 0.3) is 28.0 Å². The van der Waals surface area contributed by atoms with Gasteiger partial charge in [-0.3, -0.25) is 14.5 Å². The lowest BCUT2D eigenvalue weighted by molar-refractivity contribution is -0.118. The smallest absolute Gasteiger partial charge is 0.415 e. The van der Waals surface area contributed by atoms with Crippen molar-refractivity contribution in [3.8, 4) is 16.9 Å². The van der Waals surface area contributed by atoms with Crippen LogP contribution in [0.3, 0.4) is 0 Å². The third-order valence-electron chi connectivity index (χ3n) is 13.2. The minimum Gasteiger partial charge on any atom is -0.449 e. The Balaban J connectivity index is 0.827. The van der Waals surface area contributed by atoms with E-state index in [-0.39, 0.29) is 31.4 Å². The summed E-state index contributed by atoms with van der Waals surface area (Å²) in [5.74, 6) is -0.809. The van der Waals surface area contributed by atoms with Crippen molar-refractivity contribution >= 4 is 91.6 Å². The van der Waals surface area contributed by atoms with Gasteiger partial charge in [-0.25, -0.2) is 19.2 Å². The Morgan fingerprint density at radius 3 is 2.16 bits per heavy atom. The lowest BCUT2D eigenvalue weighted by atomic mass is 9.95. The number of carbonyl (C=O) groups is 6. The summed E-state index contributed by atoms with van der Waals surface area (Å²) in [7, 11) is 0. The number of halogens is 1. The summed E-state index contributed by atoms with van der Waals surface area (Å²) in [6.07, 6.45) is 0.838. The minimum atomic E-state index is -1.04. The fraction of sp³-hybridized carbons (Fsp3) is 0.236. The van der Waals surface area contributed by atoms with Gasteiger partial charge in [-0.15, -0.1) is 0 Å². The van der Waals surface area contributed by atoms with E-state index < -0.39 is 42.1 Å². The third kappa shape index (κ3) is 11.1. The highest BCUT2D eigenvalue weighted by molar-refractivity contribution is 9.09. The molecule has 374 valence electrons. The van der Waals surface area contributed by atoms with E-state index in [0.717, 1.165) is 38.6 Å². The van der Waals surface area contributed by atoms with E-state index >= 15 is 0 Å². The summed E-state index contributed by atoms with van der Waals surface area (Å²) in [5.41, 5.74) is 13.2. The molecule has 3 aliphatic rings. The first-order valence-electron chi connectivity index (χ1n) is 24.0. The van der Waals surface area contributed by atoms with Gasteiger partial charge in [0.05, 0.1) is 5.69 Å². The molecule has 0 saturated carbocycles. The van der Waals surface area contributed by atoms with Crippen LogP contribution in [0, 0.1) is 0 Å². The van der Waals surface area contributed by atoms with Gasteiger partial charge in [0.2, 0.25) is 5.91 Å². The molecular formula is C55H54BrN9O8. The van der Waals surface area contributed by atoms with Gasteiger partial charge in [-0.05, 0) is 94.1 Å². The number of rotatable bonds is 15. The number of amides is 8. The van der Waals surface area contributed by atoms with Crippen molar-refractivity contribution in [3.63, 3.8) is 0 Å². The van der Waals surface area contributed by atoms with Crippen LogP contribution in [-0.4, -0.2) is 98.2 Å². The molecule has 0 spiro atoms. The number of hydrogen-bond acceptors (Lipinski definition) is 9. The van der Waals surface area contributed by atoms with Gasteiger partial charge in [0.1, 0.15) is 18.4 Å². The Bertz CT molecular complexity index is 3060. The Morgan fingerprint density at radius 2 is 1.48 bits per heavy atom. The molecule has 9 rings (SSSR count). The number of nitrogens with one attached hydrogen (secondary N) is 6.